The second-order valence-corrected chi connectivity index (χ2v) is 16.4. The quantitative estimate of drug-likeness (QED) is 0.199. The van der Waals surface area contributed by atoms with Crippen LogP contribution in [0.25, 0.3) is 16.5 Å². The highest BCUT2D eigenvalue weighted by atomic mass is 35.5. The van der Waals surface area contributed by atoms with Gasteiger partial charge in [0.1, 0.15) is 24.0 Å². The number of thiazole rings is 1. The van der Waals surface area contributed by atoms with Crippen LogP contribution >= 0.6 is 34.5 Å². The Morgan fingerprint density at radius 1 is 1.06 bits per heavy atom. The number of halogens is 2. The van der Waals surface area contributed by atoms with E-state index >= 15 is 0 Å². The lowest BCUT2D eigenvalue weighted by Gasteiger charge is -2.35. The largest absolute Gasteiger partial charge is 0.481 e. The van der Waals surface area contributed by atoms with Crippen molar-refractivity contribution in [3.8, 4) is 16.5 Å². The summed E-state index contributed by atoms with van der Waals surface area (Å²) in [6.45, 7) is 4.71. The van der Waals surface area contributed by atoms with Crippen molar-refractivity contribution in [2.45, 2.75) is 52.0 Å². The molecular weight excluding hydrogens is 723 g/mol. The van der Waals surface area contributed by atoms with E-state index in [9.17, 15) is 18.0 Å². The van der Waals surface area contributed by atoms with Crippen LogP contribution in [0.4, 0.5) is 5.82 Å². The standard InChI is InChI=1S/C34H34Cl2N6O6S2/c1-21-16-39(17-22(2)48-21)29(43)19-40-18-28(41-11-6-12-50(41,45)46)42-33(44)31(47-20-23-7-4-3-5-8-23)30(38-34(40)42)32-37-15-25(49-32)13-24-9-10-26(35)27(36)14-24/h3-5,7-10,14-15,18,21-22H,6,11-13,16-17,19-20H2,1-2H3/t21-,22-/m0/s1. The molecule has 50 heavy (non-hydrogen) atoms. The Bertz CT molecular complexity index is 2230. The van der Waals surface area contributed by atoms with Gasteiger partial charge in [-0.1, -0.05) is 59.6 Å². The summed E-state index contributed by atoms with van der Waals surface area (Å²) in [7, 11) is -3.71. The number of ether oxygens (including phenoxy) is 2. The van der Waals surface area contributed by atoms with E-state index in [0.717, 1.165) is 16.0 Å². The van der Waals surface area contributed by atoms with Crippen molar-refractivity contribution < 1.29 is 22.7 Å². The van der Waals surface area contributed by atoms with Crippen molar-refractivity contribution in [1.29, 1.82) is 0 Å². The van der Waals surface area contributed by atoms with Gasteiger partial charge >= 0.3 is 5.56 Å². The summed E-state index contributed by atoms with van der Waals surface area (Å²) in [5, 5.41) is 1.32. The minimum Gasteiger partial charge on any atom is -0.481 e. The highest BCUT2D eigenvalue weighted by Crippen LogP contribution is 2.34. The number of fused-ring (bicyclic) bond motifs is 1. The van der Waals surface area contributed by atoms with Gasteiger partial charge < -0.3 is 18.9 Å². The lowest BCUT2D eigenvalue weighted by atomic mass is 10.1. The minimum atomic E-state index is -3.71. The highest BCUT2D eigenvalue weighted by Gasteiger charge is 2.34. The lowest BCUT2D eigenvalue weighted by molar-refractivity contribution is -0.143. The van der Waals surface area contributed by atoms with Crippen molar-refractivity contribution >= 4 is 62.1 Å². The van der Waals surface area contributed by atoms with Crippen LogP contribution in [0.5, 0.6) is 5.75 Å². The summed E-state index contributed by atoms with van der Waals surface area (Å²) >= 11 is 13.7. The molecule has 0 N–H and O–H groups in total. The molecule has 12 nitrogen and oxygen atoms in total. The van der Waals surface area contributed by atoms with E-state index in [1.165, 1.54) is 30.8 Å². The van der Waals surface area contributed by atoms with E-state index < -0.39 is 15.6 Å². The number of nitrogens with zero attached hydrogens (tertiary/aromatic N) is 6. The number of hydrogen-bond acceptors (Lipinski definition) is 9. The number of carbonyl (C=O) groups excluding carboxylic acids is 1. The van der Waals surface area contributed by atoms with Gasteiger partial charge in [0.15, 0.2) is 5.69 Å². The molecule has 16 heteroatoms. The van der Waals surface area contributed by atoms with E-state index in [0.29, 0.717) is 41.0 Å². The summed E-state index contributed by atoms with van der Waals surface area (Å²) in [5.41, 5.74) is 1.32. The molecule has 262 valence electrons. The van der Waals surface area contributed by atoms with Gasteiger partial charge in [0.25, 0.3) is 0 Å². The number of hydrogen-bond donors (Lipinski definition) is 0. The smallest absolute Gasteiger partial charge is 0.303 e. The Kier molecular flexibility index (Phi) is 9.65. The first kappa shape index (κ1) is 34.5. The zero-order valence-electron chi connectivity index (χ0n) is 27.3. The molecule has 0 unspecified atom stereocenters. The van der Waals surface area contributed by atoms with Crippen molar-refractivity contribution in [3.63, 3.8) is 0 Å². The van der Waals surface area contributed by atoms with E-state index in [-0.39, 0.29) is 66.6 Å². The Hall–Kier alpha value is -3.95. The van der Waals surface area contributed by atoms with E-state index in [1.54, 1.807) is 23.2 Å². The fraction of sp³-hybridized carbons (Fsp3) is 0.353. The van der Waals surface area contributed by atoms with Gasteiger partial charge in [-0.25, -0.2) is 22.8 Å². The number of imidazole rings is 1. The Labute approximate surface area is 302 Å². The van der Waals surface area contributed by atoms with Crippen LogP contribution in [-0.2, 0) is 39.1 Å². The van der Waals surface area contributed by atoms with Crippen LogP contribution < -0.4 is 14.6 Å². The second kappa shape index (κ2) is 14.0. The molecule has 0 bridgehead atoms. The van der Waals surface area contributed by atoms with Crippen LogP contribution in [0.1, 0.15) is 36.3 Å². The van der Waals surface area contributed by atoms with E-state index in [1.807, 2.05) is 50.2 Å². The number of benzene rings is 2. The van der Waals surface area contributed by atoms with Crippen LogP contribution in [-0.4, -0.2) is 75.8 Å². The van der Waals surface area contributed by atoms with Crippen LogP contribution in [0, 0.1) is 0 Å². The Balaban J connectivity index is 1.35. The van der Waals surface area contributed by atoms with Gasteiger partial charge in [-0.2, -0.15) is 0 Å². The van der Waals surface area contributed by atoms with Crippen LogP contribution in [0.2, 0.25) is 10.0 Å². The first-order chi connectivity index (χ1) is 24.0. The normalized spacial score (nSPS) is 19.0. The predicted octanol–water partition coefficient (Wildman–Crippen LogP) is 5.27. The minimum absolute atomic E-state index is 0.0551. The van der Waals surface area contributed by atoms with Crippen LogP contribution in [0.3, 0.4) is 0 Å². The molecule has 2 aromatic carbocycles. The number of amides is 1. The third-order valence-corrected chi connectivity index (χ3v) is 12.1. The summed E-state index contributed by atoms with van der Waals surface area (Å²) < 4.78 is 42.4. The first-order valence-corrected chi connectivity index (χ1v) is 19.3. The molecule has 2 fully saturated rings. The zero-order valence-corrected chi connectivity index (χ0v) is 30.4. The topological polar surface area (TPSA) is 128 Å². The SMILES string of the molecule is C[C@H]1CN(C(=O)Cn2cc(N3CCCS3(=O)=O)n3c(=O)c(OCc4ccccc4)c(-c4ncc(Cc5ccc(Cl)c(Cl)c5)s4)nc23)C[C@H](C)O1. The maximum atomic E-state index is 14.6. The van der Waals surface area contributed by atoms with Gasteiger partial charge in [0.2, 0.25) is 27.5 Å². The molecule has 0 spiro atoms. The van der Waals surface area contributed by atoms with Gasteiger partial charge in [-0.3, -0.25) is 13.9 Å². The maximum absolute atomic E-state index is 14.6. The molecule has 7 rings (SSSR count). The molecule has 0 aliphatic carbocycles. The molecule has 3 aromatic heterocycles. The molecule has 5 heterocycles. The first-order valence-electron chi connectivity index (χ1n) is 16.1. The summed E-state index contributed by atoms with van der Waals surface area (Å²) in [5.74, 6) is -0.154. The fourth-order valence-electron chi connectivity index (χ4n) is 6.32. The number of anilines is 1. The highest BCUT2D eigenvalue weighted by molar-refractivity contribution is 7.93. The maximum Gasteiger partial charge on any atom is 0.303 e. The Morgan fingerprint density at radius 2 is 1.82 bits per heavy atom. The monoisotopic (exact) mass is 756 g/mol. The summed E-state index contributed by atoms with van der Waals surface area (Å²) in [4.78, 5) is 40.4. The summed E-state index contributed by atoms with van der Waals surface area (Å²) in [6, 6.07) is 14.8. The molecule has 5 aromatic rings. The summed E-state index contributed by atoms with van der Waals surface area (Å²) in [6.07, 6.45) is 3.84. The number of carbonyl (C=O) groups is 1. The number of sulfonamides is 1. The van der Waals surface area contributed by atoms with E-state index in [4.69, 9.17) is 37.7 Å². The average Bonchev–Trinajstić information content (AvgIpc) is 3.78. The van der Waals surface area contributed by atoms with Crippen LogP contribution in [0.15, 0.2) is 65.7 Å². The van der Waals surface area contributed by atoms with Gasteiger partial charge in [0, 0.05) is 37.1 Å². The molecule has 0 radical (unpaired) electrons. The third-order valence-electron chi connectivity index (χ3n) is 8.56. The van der Waals surface area contributed by atoms with E-state index in [2.05, 4.69) is 4.98 Å². The molecule has 2 aliphatic heterocycles. The lowest BCUT2D eigenvalue weighted by Crippen LogP contribution is -2.49. The molecule has 1 amide bonds. The van der Waals surface area contributed by atoms with Crippen molar-refractivity contribution in [2.75, 3.05) is 29.7 Å². The third kappa shape index (κ3) is 6.99. The number of aromatic nitrogens is 4. The van der Waals surface area contributed by atoms with Gasteiger partial charge in [-0.05, 0) is 43.5 Å². The van der Waals surface area contributed by atoms with Crippen molar-refractivity contribution in [3.05, 3.63) is 97.3 Å². The number of morpholine rings is 1. The fourth-order valence-corrected chi connectivity index (χ4v) is 9.11. The van der Waals surface area contributed by atoms with Gasteiger partial charge in [-0.15, -0.1) is 11.3 Å². The second-order valence-electron chi connectivity index (χ2n) is 12.5. The van der Waals surface area contributed by atoms with Crippen molar-refractivity contribution in [2.24, 2.45) is 0 Å². The zero-order chi connectivity index (χ0) is 35.2. The Morgan fingerprint density at radius 3 is 2.52 bits per heavy atom. The molecular formula is C34H34Cl2N6O6S2. The average molecular weight is 758 g/mol. The predicted molar refractivity (Wildman–Crippen MR) is 193 cm³/mol. The van der Waals surface area contributed by atoms with Crippen molar-refractivity contribution in [1.82, 2.24) is 23.8 Å². The van der Waals surface area contributed by atoms with Gasteiger partial charge in [0.05, 0.1) is 34.2 Å². The molecule has 0 saturated carbocycles. The molecule has 2 aliphatic rings. The molecule has 2 atom stereocenters. The molecule has 2 saturated heterocycles. The number of rotatable bonds is 9.